The molecule has 4 nitrogen and oxygen atoms in total. The van der Waals surface area contributed by atoms with Gasteiger partial charge in [-0.2, -0.15) is 0 Å². The molecule has 1 aliphatic rings. The molecule has 0 spiro atoms. The van der Waals surface area contributed by atoms with Crippen LogP contribution in [0, 0.1) is 0 Å². The molecule has 0 bridgehead atoms. The van der Waals surface area contributed by atoms with E-state index in [1.807, 2.05) is 0 Å². The van der Waals surface area contributed by atoms with Crippen molar-refractivity contribution in [2.75, 3.05) is 34.0 Å². The topological polar surface area (TPSA) is 39.7 Å². The van der Waals surface area contributed by atoms with Gasteiger partial charge in [-0.3, -0.25) is 0 Å². The summed E-state index contributed by atoms with van der Waals surface area (Å²) in [7, 11) is 3.44. The zero-order chi connectivity index (χ0) is 12.5. The second-order valence-electron chi connectivity index (χ2n) is 4.72. The summed E-state index contributed by atoms with van der Waals surface area (Å²) in [6.07, 6.45) is 5.18. The van der Waals surface area contributed by atoms with Crippen molar-refractivity contribution in [2.24, 2.45) is 0 Å². The van der Waals surface area contributed by atoms with Crippen LogP contribution in [0.1, 0.15) is 32.6 Å². The van der Waals surface area contributed by atoms with Gasteiger partial charge in [-0.1, -0.05) is 13.3 Å². The smallest absolute Gasteiger partial charge is 0.0928 e. The molecular formula is C13H27NO3. The molecule has 0 aromatic rings. The lowest BCUT2D eigenvalue weighted by atomic mass is 10.00. The lowest BCUT2D eigenvalue weighted by Crippen LogP contribution is -2.43. The molecule has 4 heteroatoms. The van der Waals surface area contributed by atoms with Gasteiger partial charge < -0.3 is 19.5 Å². The van der Waals surface area contributed by atoms with Gasteiger partial charge in [0.2, 0.25) is 0 Å². The van der Waals surface area contributed by atoms with Gasteiger partial charge in [-0.15, -0.1) is 0 Å². The maximum Gasteiger partial charge on any atom is 0.0928 e. The van der Waals surface area contributed by atoms with E-state index < -0.39 is 0 Å². The predicted molar refractivity (Wildman–Crippen MR) is 68.3 cm³/mol. The van der Waals surface area contributed by atoms with E-state index in [4.69, 9.17) is 14.2 Å². The van der Waals surface area contributed by atoms with Crippen molar-refractivity contribution < 1.29 is 14.2 Å². The van der Waals surface area contributed by atoms with Gasteiger partial charge >= 0.3 is 0 Å². The first-order valence-corrected chi connectivity index (χ1v) is 6.66. The van der Waals surface area contributed by atoms with Gasteiger partial charge in [0.1, 0.15) is 0 Å². The van der Waals surface area contributed by atoms with E-state index in [1.165, 1.54) is 12.8 Å². The molecule has 0 amide bonds. The van der Waals surface area contributed by atoms with Crippen LogP contribution >= 0.6 is 0 Å². The molecule has 1 rings (SSSR count). The summed E-state index contributed by atoms with van der Waals surface area (Å²) in [5.74, 6) is 0. The standard InChI is InChI=1S/C13H27NO3/c1-4-5-12-8-11(6-7-17-12)14-9-13(16-3)10-15-2/h11-14H,4-10H2,1-3H3. The molecular weight excluding hydrogens is 218 g/mol. The molecule has 17 heavy (non-hydrogen) atoms. The first-order chi connectivity index (χ1) is 8.30. The number of nitrogens with one attached hydrogen (secondary N) is 1. The summed E-state index contributed by atoms with van der Waals surface area (Å²) in [5, 5.41) is 3.56. The van der Waals surface area contributed by atoms with Crippen LogP contribution in [0.5, 0.6) is 0 Å². The van der Waals surface area contributed by atoms with E-state index in [-0.39, 0.29) is 6.10 Å². The molecule has 0 aliphatic carbocycles. The van der Waals surface area contributed by atoms with Crippen molar-refractivity contribution in [1.29, 1.82) is 0 Å². The van der Waals surface area contributed by atoms with Crippen molar-refractivity contribution in [3.63, 3.8) is 0 Å². The number of methoxy groups -OCH3 is 2. The number of rotatable bonds is 8. The van der Waals surface area contributed by atoms with E-state index in [0.29, 0.717) is 18.8 Å². The number of hydrogen-bond acceptors (Lipinski definition) is 4. The molecule has 0 radical (unpaired) electrons. The quantitative estimate of drug-likeness (QED) is 0.705. The fourth-order valence-electron chi connectivity index (χ4n) is 2.28. The Morgan fingerprint density at radius 3 is 2.88 bits per heavy atom. The highest BCUT2D eigenvalue weighted by atomic mass is 16.5. The Hall–Kier alpha value is -0.160. The molecule has 102 valence electrons. The molecule has 1 N–H and O–H groups in total. The Balaban J connectivity index is 2.21. The molecule has 3 unspecified atom stereocenters. The highest BCUT2D eigenvalue weighted by Gasteiger charge is 2.22. The lowest BCUT2D eigenvalue weighted by Gasteiger charge is -2.31. The van der Waals surface area contributed by atoms with Crippen molar-refractivity contribution in [3.8, 4) is 0 Å². The minimum Gasteiger partial charge on any atom is -0.382 e. The van der Waals surface area contributed by atoms with Crippen LogP contribution in [0.3, 0.4) is 0 Å². The number of hydrogen-bond donors (Lipinski definition) is 1. The van der Waals surface area contributed by atoms with E-state index in [9.17, 15) is 0 Å². The summed E-state index contributed by atoms with van der Waals surface area (Å²) in [4.78, 5) is 0. The first kappa shape index (κ1) is 14.9. The Morgan fingerprint density at radius 1 is 1.41 bits per heavy atom. The molecule has 3 atom stereocenters. The second-order valence-corrected chi connectivity index (χ2v) is 4.72. The summed E-state index contributed by atoms with van der Waals surface area (Å²) >= 11 is 0. The fraction of sp³-hybridized carbons (Fsp3) is 1.00. The molecule has 1 fully saturated rings. The zero-order valence-electron chi connectivity index (χ0n) is 11.4. The third kappa shape index (κ3) is 5.82. The minimum absolute atomic E-state index is 0.146. The van der Waals surface area contributed by atoms with Crippen molar-refractivity contribution in [1.82, 2.24) is 5.32 Å². The summed E-state index contributed by atoms with van der Waals surface area (Å²) in [6.45, 7) is 4.59. The third-order valence-electron chi connectivity index (χ3n) is 3.30. The largest absolute Gasteiger partial charge is 0.382 e. The van der Waals surface area contributed by atoms with Gasteiger partial charge in [-0.25, -0.2) is 0 Å². The Bertz CT molecular complexity index is 188. The van der Waals surface area contributed by atoms with Gasteiger partial charge in [-0.05, 0) is 19.3 Å². The SMILES string of the molecule is CCCC1CC(NCC(COC)OC)CCO1. The molecule has 0 saturated carbocycles. The second kappa shape index (κ2) is 8.86. The molecule has 0 aromatic heterocycles. The van der Waals surface area contributed by atoms with E-state index in [1.54, 1.807) is 14.2 Å². The zero-order valence-corrected chi connectivity index (χ0v) is 11.4. The normalized spacial score (nSPS) is 27.0. The number of ether oxygens (including phenoxy) is 3. The summed E-state index contributed by atoms with van der Waals surface area (Å²) < 4.78 is 16.2. The summed E-state index contributed by atoms with van der Waals surface area (Å²) in [6, 6.07) is 0.565. The van der Waals surface area contributed by atoms with Gasteiger partial charge in [0.15, 0.2) is 0 Å². The monoisotopic (exact) mass is 245 g/mol. The van der Waals surface area contributed by atoms with Gasteiger partial charge in [0.25, 0.3) is 0 Å². The van der Waals surface area contributed by atoms with E-state index in [0.717, 1.165) is 26.0 Å². The Kier molecular flexibility index (Phi) is 7.77. The Labute approximate surface area is 105 Å². The van der Waals surface area contributed by atoms with Crippen LogP contribution in [-0.4, -0.2) is 52.2 Å². The first-order valence-electron chi connectivity index (χ1n) is 6.66. The van der Waals surface area contributed by atoms with Crippen LogP contribution in [0.4, 0.5) is 0 Å². The molecule has 1 aliphatic heterocycles. The summed E-state index contributed by atoms with van der Waals surface area (Å²) in [5.41, 5.74) is 0. The highest BCUT2D eigenvalue weighted by molar-refractivity contribution is 4.78. The average molecular weight is 245 g/mol. The van der Waals surface area contributed by atoms with E-state index in [2.05, 4.69) is 12.2 Å². The Morgan fingerprint density at radius 2 is 2.24 bits per heavy atom. The van der Waals surface area contributed by atoms with Crippen molar-refractivity contribution in [2.45, 2.75) is 50.9 Å². The fourth-order valence-corrected chi connectivity index (χ4v) is 2.28. The highest BCUT2D eigenvalue weighted by Crippen LogP contribution is 2.17. The van der Waals surface area contributed by atoms with Crippen LogP contribution in [0.15, 0.2) is 0 Å². The van der Waals surface area contributed by atoms with Crippen LogP contribution in [-0.2, 0) is 14.2 Å². The maximum atomic E-state index is 5.73. The van der Waals surface area contributed by atoms with Crippen LogP contribution in [0.2, 0.25) is 0 Å². The van der Waals surface area contributed by atoms with Gasteiger partial charge in [0, 0.05) is 33.4 Å². The molecule has 1 heterocycles. The van der Waals surface area contributed by atoms with Gasteiger partial charge in [0.05, 0.1) is 18.8 Å². The van der Waals surface area contributed by atoms with E-state index >= 15 is 0 Å². The molecule has 1 saturated heterocycles. The predicted octanol–water partition coefficient (Wildman–Crippen LogP) is 1.59. The molecule has 0 aromatic carbocycles. The van der Waals surface area contributed by atoms with Crippen molar-refractivity contribution in [3.05, 3.63) is 0 Å². The van der Waals surface area contributed by atoms with Crippen LogP contribution in [0.25, 0.3) is 0 Å². The average Bonchev–Trinajstić information content (AvgIpc) is 2.35. The van der Waals surface area contributed by atoms with Crippen molar-refractivity contribution >= 4 is 0 Å². The minimum atomic E-state index is 0.146. The maximum absolute atomic E-state index is 5.73. The lowest BCUT2D eigenvalue weighted by molar-refractivity contribution is -0.0107. The third-order valence-corrected chi connectivity index (χ3v) is 3.30. The van der Waals surface area contributed by atoms with Crippen LogP contribution < -0.4 is 5.32 Å².